The van der Waals surface area contributed by atoms with E-state index in [4.69, 9.17) is 9.72 Å². The van der Waals surface area contributed by atoms with Gasteiger partial charge in [-0.05, 0) is 31.4 Å². The van der Waals surface area contributed by atoms with E-state index in [1.54, 1.807) is 11.3 Å². The highest BCUT2D eigenvalue weighted by molar-refractivity contribution is 7.15. The third-order valence-electron chi connectivity index (χ3n) is 5.48. The second-order valence-corrected chi connectivity index (χ2v) is 8.73. The van der Waals surface area contributed by atoms with Crippen LogP contribution in [0.5, 0.6) is 0 Å². The number of likely N-dealkylation sites (tertiary alicyclic amines) is 1. The van der Waals surface area contributed by atoms with Crippen molar-refractivity contribution < 1.29 is 9.53 Å². The molecule has 1 amide bonds. The van der Waals surface area contributed by atoms with Crippen LogP contribution in [0.4, 0.5) is 10.9 Å². The molecule has 156 valence electrons. The first-order valence-electron chi connectivity index (χ1n) is 10.5. The number of hydrogen-bond donors (Lipinski definition) is 2. The minimum Gasteiger partial charge on any atom is -0.366 e. The van der Waals surface area contributed by atoms with E-state index in [0.29, 0.717) is 19.1 Å². The lowest BCUT2D eigenvalue weighted by atomic mass is 9.92. The Bertz CT molecular complexity index is 813. The molecule has 8 heteroatoms. The maximum Gasteiger partial charge on any atom is 0.253 e. The molecule has 2 fully saturated rings. The van der Waals surface area contributed by atoms with Gasteiger partial charge in [0.15, 0.2) is 5.13 Å². The summed E-state index contributed by atoms with van der Waals surface area (Å²) in [6.07, 6.45) is 5.66. The van der Waals surface area contributed by atoms with Crippen molar-refractivity contribution in [2.24, 2.45) is 0 Å². The standard InChI is InChI=1S/C21H29N5O2S/c1-2-4-16-13-23-21(29-16)25-19-6-3-5-17(24-19)15-7-10-26(11-8-15)20(27)18-14-22-9-12-28-18/h3,5-6,13,15,18,22H,2,4,7-12,14H2,1H3,(H,23,24,25)/t18-/m1/s1. The van der Waals surface area contributed by atoms with Gasteiger partial charge >= 0.3 is 0 Å². The summed E-state index contributed by atoms with van der Waals surface area (Å²) in [6, 6.07) is 6.12. The molecule has 0 bridgehead atoms. The van der Waals surface area contributed by atoms with Crippen LogP contribution >= 0.6 is 11.3 Å². The van der Waals surface area contributed by atoms with E-state index in [2.05, 4.69) is 28.6 Å². The summed E-state index contributed by atoms with van der Waals surface area (Å²) in [7, 11) is 0. The molecule has 0 saturated carbocycles. The van der Waals surface area contributed by atoms with Crippen LogP contribution in [0.15, 0.2) is 24.4 Å². The topological polar surface area (TPSA) is 79.4 Å². The molecule has 2 N–H and O–H groups in total. The lowest BCUT2D eigenvalue weighted by Gasteiger charge is -2.35. The Labute approximate surface area is 175 Å². The van der Waals surface area contributed by atoms with Gasteiger partial charge in [0.1, 0.15) is 11.9 Å². The van der Waals surface area contributed by atoms with Crippen molar-refractivity contribution in [2.75, 3.05) is 38.1 Å². The number of aromatic nitrogens is 2. The molecular formula is C21H29N5O2S. The zero-order valence-electron chi connectivity index (χ0n) is 16.9. The highest BCUT2D eigenvalue weighted by Gasteiger charge is 2.30. The van der Waals surface area contributed by atoms with Crippen molar-refractivity contribution in [3.63, 3.8) is 0 Å². The van der Waals surface area contributed by atoms with E-state index in [-0.39, 0.29) is 12.0 Å². The normalized spacial score (nSPS) is 20.6. The highest BCUT2D eigenvalue weighted by Crippen LogP contribution is 2.29. The monoisotopic (exact) mass is 415 g/mol. The fraction of sp³-hybridized carbons (Fsp3) is 0.571. The number of ether oxygens (including phenoxy) is 1. The molecule has 2 aliphatic rings. The number of rotatable bonds is 6. The number of piperidine rings is 1. The molecule has 29 heavy (non-hydrogen) atoms. The summed E-state index contributed by atoms with van der Waals surface area (Å²) in [6.45, 7) is 5.74. The number of morpholine rings is 1. The number of carbonyl (C=O) groups is 1. The van der Waals surface area contributed by atoms with Crippen LogP contribution in [-0.2, 0) is 16.0 Å². The van der Waals surface area contributed by atoms with Gasteiger partial charge in [0.2, 0.25) is 0 Å². The molecule has 0 aliphatic carbocycles. The predicted molar refractivity (Wildman–Crippen MR) is 115 cm³/mol. The summed E-state index contributed by atoms with van der Waals surface area (Å²) < 4.78 is 5.61. The van der Waals surface area contributed by atoms with Gasteiger partial charge in [-0.3, -0.25) is 4.79 Å². The van der Waals surface area contributed by atoms with E-state index >= 15 is 0 Å². The third kappa shape index (κ3) is 5.12. The van der Waals surface area contributed by atoms with E-state index in [9.17, 15) is 4.79 Å². The van der Waals surface area contributed by atoms with E-state index in [1.165, 1.54) is 4.88 Å². The Morgan fingerprint density at radius 2 is 2.24 bits per heavy atom. The summed E-state index contributed by atoms with van der Waals surface area (Å²) in [5, 5.41) is 7.46. The molecule has 0 unspecified atom stereocenters. The Morgan fingerprint density at radius 1 is 1.38 bits per heavy atom. The summed E-state index contributed by atoms with van der Waals surface area (Å²) in [5.74, 6) is 1.32. The van der Waals surface area contributed by atoms with E-state index < -0.39 is 0 Å². The molecule has 0 spiro atoms. The Hall–Kier alpha value is -2.03. The first kappa shape index (κ1) is 20.3. The van der Waals surface area contributed by atoms with Gasteiger partial charge in [-0.15, -0.1) is 11.3 Å². The molecule has 2 aliphatic heterocycles. The van der Waals surface area contributed by atoms with Gasteiger partial charge in [0.25, 0.3) is 5.91 Å². The molecule has 4 heterocycles. The second-order valence-electron chi connectivity index (χ2n) is 7.62. The largest absolute Gasteiger partial charge is 0.366 e. The lowest BCUT2D eigenvalue weighted by molar-refractivity contribution is -0.146. The maximum absolute atomic E-state index is 12.6. The van der Waals surface area contributed by atoms with Crippen molar-refractivity contribution in [2.45, 2.75) is 44.6 Å². The molecule has 0 aromatic carbocycles. The van der Waals surface area contributed by atoms with Crippen LogP contribution in [0.2, 0.25) is 0 Å². The molecule has 7 nitrogen and oxygen atoms in total. The SMILES string of the molecule is CCCc1cnc(Nc2cccc(C3CCN(C(=O)[C@H]4CNCCO4)CC3)n2)s1. The second kappa shape index (κ2) is 9.65. The number of thiazole rings is 1. The van der Waals surface area contributed by atoms with E-state index in [0.717, 1.165) is 62.0 Å². The minimum atomic E-state index is -0.332. The van der Waals surface area contributed by atoms with Crippen molar-refractivity contribution >= 4 is 28.2 Å². The van der Waals surface area contributed by atoms with Crippen LogP contribution in [0, 0.1) is 0 Å². The number of nitrogens with zero attached hydrogens (tertiary/aromatic N) is 3. The fourth-order valence-corrected chi connectivity index (χ4v) is 4.83. The number of carbonyl (C=O) groups excluding carboxylic acids is 1. The van der Waals surface area contributed by atoms with Crippen molar-refractivity contribution in [1.29, 1.82) is 0 Å². The number of nitrogens with one attached hydrogen (secondary N) is 2. The van der Waals surface area contributed by atoms with E-state index in [1.807, 2.05) is 23.2 Å². The first-order chi connectivity index (χ1) is 14.2. The molecule has 1 atom stereocenters. The fourth-order valence-electron chi connectivity index (χ4n) is 3.91. The lowest BCUT2D eigenvalue weighted by Crippen LogP contribution is -2.51. The highest BCUT2D eigenvalue weighted by atomic mass is 32.1. The molecule has 0 radical (unpaired) electrons. The van der Waals surface area contributed by atoms with Gasteiger partial charge in [-0.2, -0.15) is 0 Å². The zero-order chi connectivity index (χ0) is 20.1. The Kier molecular flexibility index (Phi) is 6.74. The number of anilines is 2. The summed E-state index contributed by atoms with van der Waals surface area (Å²) in [4.78, 5) is 25.1. The average molecular weight is 416 g/mol. The Balaban J connectivity index is 1.33. The molecule has 4 rings (SSSR count). The van der Waals surface area contributed by atoms with Crippen molar-refractivity contribution in [3.05, 3.63) is 35.0 Å². The van der Waals surface area contributed by atoms with Crippen molar-refractivity contribution in [1.82, 2.24) is 20.2 Å². The molecular weight excluding hydrogens is 386 g/mol. The van der Waals surface area contributed by atoms with Gasteiger partial charge in [-0.25, -0.2) is 9.97 Å². The van der Waals surface area contributed by atoms with Crippen LogP contribution in [0.1, 0.15) is 42.7 Å². The zero-order valence-corrected chi connectivity index (χ0v) is 17.7. The maximum atomic E-state index is 12.6. The summed E-state index contributed by atoms with van der Waals surface area (Å²) in [5.41, 5.74) is 1.09. The van der Waals surface area contributed by atoms with Gasteiger partial charge in [0, 0.05) is 48.9 Å². The average Bonchev–Trinajstić information content (AvgIpc) is 3.21. The van der Waals surface area contributed by atoms with Crippen LogP contribution in [0.25, 0.3) is 0 Å². The minimum absolute atomic E-state index is 0.116. The van der Waals surface area contributed by atoms with Gasteiger partial charge < -0.3 is 20.3 Å². The van der Waals surface area contributed by atoms with Gasteiger partial charge in [-0.1, -0.05) is 19.4 Å². The predicted octanol–water partition coefficient (Wildman–Crippen LogP) is 2.93. The van der Waals surface area contributed by atoms with Crippen LogP contribution < -0.4 is 10.6 Å². The molecule has 2 aromatic rings. The van der Waals surface area contributed by atoms with Crippen molar-refractivity contribution in [3.8, 4) is 0 Å². The quantitative estimate of drug-likeness (QED) is 0.755. The van der Waals surface area contributed by atoms with Gasteiger partial charge in [0.05, 0.1) is 6.61 Å². The number of aryl methyl sites for hydroxylation is 1. The number of amides is 1. The third-order valence-corrected chi connectivity index (χ3v) is 6.46. The number of hydrogen-bond acceptors (Lipinski definition) is 7. The molecule has 2 aromatic heterocycles. The smallest absolute Gasteiger partial charge is 0.253 e. The molecule has 2 saturated heterocycles. The summed E-state index contributed by atoms with van der Waals surface area (Å²) >= 11 is 1.69. The van der Waals surface area contributed by atoms with Crippen LogP contribution in [0.3, 0.4) is 0 Å². The van der Waals surface area contributed by atoms with Crippen LogP contribution in [-0.4, -0.2) is 59.7 Å². The Morgan fingerprint density at radius 3 is 3.00 bits per heavy atom. The first-order valence-corrected chi connectivity index (χ1v) is 11.3. The number of pyridine rings is 1.